The Bertz CT molecular complexity index is 3430. The third-order valence-corrected chi connectivity index (χ3v) is 13.0. The molecule has 0 nitrogen and oxygen atoms in total. The van der Waals surface area contributed by atoms with Crippen molar-refractivity contribution < 1.29 is 0 Å². The van der Waals surface area contributed by atoms with E-state index in [4.69, 9.17) is 0 Å². The second kappa shape index (κ2) is 12.0. The smallest absolute Gasteiger partial charge is 0.0165 e. The zero-order valence-corrected chi connectivity index (χ0v) is 32.0. The van der Waals surface area contributed by atoms with Crippen LogP contribution < -0.4 is 0 Å². The number of rotatable bonds is 3. The van der Waals surface area contributed by atoms with E-state index in [1.54, 1.807) is 0 Å². The van der Waals surface area contributed by atoms with Gasteiger partial charge in [0.1, 0.15) is 0 Å². The van der Waals surface area contributed by atoms with Gasteiger partial charge in [-0.25, -0.2) is 0 Å². The predicted molar refractivity (Wildman–Crippen MR) is 245 cm³/mol. The van der Waals surface area contributed by atoms with Crippen LogP contribution >= 0.6 is 0 Å². The van der Waals surface area contributed by atoms with Gasteiger partial charge < -0.3 is 0 Å². The van der Waals surface area contributed by atoms with Crippen LogP contribution in [-0.4, -0.2) is 0 Å². The molecule has 1 aliphatic carbocycles. The van der Waals surface area contributed by atoms with Crippen LogP contribution in [0.15, 0.2) is 194 Å². The number of hydrogen-bond acceptors (Lipinski definition) is 0. The zero-order chi connectivity index (χ0) is 37.8. The lowest BCUT2D eigenvalue weighted by Gasteiger charge is -2.25. The Labute approximate surface area is 332 Å². The van der Waals surface area contributed by atoms with Gasteiger partial charge in [-0.05, 0) is 138 Å². The monoisotopic (exact) mass is 722 g/mol. The molecule has 0 radical (unpaired) electrons. The Balaban J connectivity index is 1.11. The molecule has 0 heterocycles. The lowest BCUT2D eigenvalue weighted by Crippen LogP contribution is -2.16. The van der Waals surface area contributed by atoms with Crippen molar-refractivity contribution in [3.63, 3.8) is 0 Å². The quantitative estimate of drug-likeness (QED) is 0.126. The highest BCUT2D eigenvalue weighted by atomic mass is 14.4. The highest BCUT2D eigenvalue weighted by Crippen LogP contribution is 2.58. The number of hydrogen-bond donors (Lipinski definition) is 0. The first-order valence-corrected chi connectivity index (χ1v) is 20.1. The van der Waals surface area contributed by atoms with E-state index < -0.39 is 0 Å². The van der Waals surface area contributed by atoms with E-state index in [2.05, 4.69) is 208 Å². The van der Waals surface area contributed by atoms with Crippen molar-refractivity contribution in [2.45, 2.75) is 19.3 Å². The Morgan fingerprint density at radius 2 is 0.719 bits per heavy atom. The second-order valence-corrected chi connectivity index (χ2v) is 16.3. The van der Waals surface area contributed by atoms with Gasteiger partial charge in [-0.1, -0.05) is 190 Å². The summed E-state index contributed by atoms with van der Waals surface area (Å²) in [7, 11) is 0. The molecular weight excluding hydrogens is 685 g/mol. The number of fused-ring (bicyclic) bond motifs is 13. The normalized spacial score (nSPS) is 13.2. The van der Waals surface area contributed by atoms with Crippen LogP contribution in [0.1, 0.15) is 25.0 Å². The van der Waals surface area contributed by atoms with Crippen LogP contribution in [0.25, 0.3) is 109 Å². The summed E-state index contributed by atoms with van der Waals surface area (Å²) in [4.78, 5) is 0. The molecule has 0 saturated heterocycles. The van der Waals surface area contributed by atoms with Crippen LogP contribution in [0.5, 0.6) is 0 Å². The molecule has 0 heteroatoms. The van der Waals surface area contributed by atoms with Gasteiger partial charge in [-0.15, -0.1) is 0 Å². The maximum atomic E-state index is 2.53. The van der Waals surface area contributed by atoms with Crippen molar-refractivity contribution in [2.24, 2.45) is 0 Å². The molecule has 0 unspecified atom stereocenters. The SMILES string of the molecule is CC1(C)c2cc(-c3cccc(-c4c5ccccc5c(-c5ccc6ccccc6c5)c5ccccc45)c3)c3ccccc3c2-c2c1c1ccccc1c1ccccc21. The summed E-state index contributed by atoms with van der Waals surface area (Å²) >= 11 is 0. The van der Waals surface area contributed by atoms with Crippen LogP contribution in [0.4, 0.5) is 0 Å². The van der Waals surface area contributed by atoms with E-state index in [1.165, 1.54) is 120 Å². The van der Waals surface area contributed by atoms with E-state index in [1.807, 2.05) is 0 Å². The van der Waals surface area contributed by atoms with Gasteiger partial charge in [0.25, 0.3) is 0 Å². The molecule has 12 rings (SSSR count). The van der Waals surface area contributed by atoms with Gasteiger partial charge in [-0.2, -0.15) is 0 Å². The van der Waals surface area contributed by atoms with Crippen molar-refractivity contribution in [1.29, 1.82) is 0 Å². The third-order valence-electron chi connectivity index (χ3n) is 13.0. The van der Waals surface area contributed by atoms with Crippen molar-refractivity contribution in [1.82, 2.24) is 0 Å². The maximum Gasteiger partial charge on any atom is 0.0165 e. The molecule has 266 valence electrons. The van der Waals surface area contributed by atoms with Crippen molar-refractivity contribution in [3.8, 4) is 44.5 Å². The van der Waals surface area contributed by atoms with Gasteiger partial charge >= 0.3 is 0 Å². The van der Waals surface area contributed by atoms with E-state index >= 15 is 0 Å². The average Bonchev–Trinajstić information content (AvgIpc) is 3.51. The maximum absolute atomic E-state index is 2.53. The fourth-order valence-corrected chi connectivity index (χ4v) is 10.5. The Morgan fingerprint density at radius 3 is 1.33 bits per heavy atom. The minimum absolute atomic E-state index is 0.199. The molecule has 0 bridgehead atoms. The van der Waals surface area contributed by atoms with Gasteiger partial charge in [0.15, 0.2) is 0 Å². The average molecular weight is 723 g/mol. The van der Waals surface area contributed by atoms with Crippen LogP contribution in [-0.2, 0) is 5.41 Å². The molecule has 0 fully saturated rings. The molecular formula is C57H38. The zero-order valence-electron chi connectivity index (χ0n) is 32.0. The van der Waals surface area contributed by atoms with Crippen molar-refractivity contribution >= 4 is 64.6 Å². The minimum atomic E-state index is -0.199. The first-order valence-electron chi connectivity index (χ1n) is 20.1. The highest BCUT2D eigenvalue weighted by molar-refractivity contribution is 6.24. The number of benzene rings is 11. The summed E-state index contributed by atoms with van der Waals surface area (Å²) in [5.74, 6) is 0. The van der Waals surface area contributed by atoms with Gasteiger partial charge in [0, 0.05) is 5.41 Å². The molecule has 11 aromatic carbocycles. The Kier molecular flexibility index (Phi) is 6.78. The molecule has 0 aliphatic heterocycles. The van der Waals surface area contributed by atoms with Crippen LogP contribution in [0.2, 0.25) is 0 Å². The highest BCUT2D eigenvalue weighted by Gasteiger charge is 2.40. The summed E-state index contributed by atoms with van der Waals surface area (Å²) in [6.45, 7) is 4.87. The fourth-order valence-electron chi connectivity index (χ4n) is 10.5. The third kappa shape index (κ3) is 4.56. The standard InChI is InChI=1S/C57H38/c1-57(2)51-34-50(42-22-6-8-23-43(42)54(51)55-44-24-9-5-20-40(44)41-21-7-14-29-49(41)56(55)57)37-18-15-19-38(33-37)52-45-25-10-12-27-47(45)53(48-28-13-11-26-46(48)52)39-31-30-35-16-3-4-17-36(35)32-39/h3-34H,1-2H3. The van der Waals surface area contributed by atoms with E-state index in [0.717, 1.165) is 0 Å². The summed E-state index contributed by atoms with van der Waals surface area (Å²) in [5.41, 5.74) is 13.0. The first kappa shape index (κ1) is 32.2. The molecule has 0 N–H and O–H groups in total. The molecule has 57 heavy (non-hydrogen) atoms. The largest absolute Gasteiger partial charge is 0.0616 e. The first-order chi connectivity index (χ1) is 28.1. The lowest BCUT2D eigenvalue weighted by atomic mass is 9.78. The molecule has 0 aromatic heterocycles. The molecule has 0 amide bonds. The predicted octanol–water partition coefficient (Wildman–Crippen LogP) is 15.9. The van der Waals surface area contributed by atoms with E-state index in [0.29, 0.717) is 0 Å². The Hall–Kier alpha value is -7.02. The van der Waals surface area contributed by atoms with Crippen molar-refractivity contribution in [3.05, 3.63) is 205 Å². The topological polar surface area (TPSA) is 0 Å². The lowest BCUT2D eigenvalue weighted by molar-refractivity contribution is 0.667. The van der Waals surface area contributed by atoms with Gasteiger partial charge in [0.05, 0.1) is 0 Å². The second-order valence-electron chi connectivity index (χ2n) is 16.3. The van der Waals surface area contributed by atoms with Gasteiger partial charge in [0.2, 0.25) is 0 Å². The fraction of sp³-hybridized carbons (Fsp3) is 0.0526. The summed E-state index contributed by atoms with van der Waals surface area (Å²) in [6, 6.07) is 72.5. The molecule has 0 saturated carbocycles. The molecule has 0 spiro atoms. The molecule has 0 atom stereocenters. The van der Waals surface area contributed by atoms with Crippen LogP contribution in [0, 0.1) is 0 Å². The van der Waals surface area contributed by atoms with E-state index in [-0.39, 0.29) is 5.41 Å². The Morgan fingerprint density at radius 1 is 0.281 bits per heavy atom. The summed E-state index contributed by atoms with van der Waals surface area (Å²) in [6.07, 6.45) is 0. The van der Waals surface area contributed by atoms with E-state index in [9.17, 15) is 0 Å². The van der Waals surface area contributed by atoms with Crippen LogP contribution in [0.3, 0.4) is 0 Å². The minimum Gasteiger partial charge on any atom is -0.0616 e. The summed E-state index contributed by atoms with van der Waals surface area (Å²) < 4.78 is 0. The van der Waals surface area contributed by atoms with Gasteiger partial charge in [-0.3, -0.25) is 0 Å². The molecule has 1 aliphatic rings. The summed E-state index contributed by atoms with van der Waals surface area (Å²) in [5, 5.41) is 15.5. The molecule has 11 aromatic rings. The van der Waals surface area contributed by atoms with Crippen molar-refractivity contribution in [2.75, 3.05) is 0 Å².